The lowest BCUT2D eigenvalue weighted by Gasteiger charge is -2.14. The van der Waals surface area contributed by atoms with Crippen LogP contribution in [0.25, 0.3) is 28.2 Å². The number of nitrogens with two attached hydrogens (primary N) is 2. The van der Waals surface area contributed by atoms with Gasteiger partial charge in [0.1, 0.15) is 0 Å². The number of anilines is 1. The second kappa shape index (κ2) is 8.65. The summed E-state index contributed by atoms with van der Waals surface area (Å²) in [7, 11) is 0. The van der Waals surface area contributed by atoms with Gasteiger partial charge in [0.2, 0.25) is 5.91 Å². The van der Waals surface area contributed by atoms with Crippen LogP contribution in [0.5, 0.6) is 0 Å². The van der Waals surface area contributed by atoms with Gasteiger partial charge < -0.3 is 16.8 Å². The molecule has 9 nitrogen and oxygen atoms in total. The molecule has 0 aliphatic rings. The van der Waals surface area contributed by atoms with Gasteiger partial charge in [0.15, 0.2) is 5.82 Å². The van der Waals surface area contributed by atoms with Crippen LogP contribution in [-0.4, -0.2) is 32.1 Å². The van der Waals surface area contributed by atoms with Crippen LogP contribution >= 0.6 is 0 Å². The number of carbonyl (C=O) groups excluding carboxylic acids is 2. The summed E-state index contributed by atoms with van der Waals surface area (Å²) in [6, 6.07) is 14.7. The monoisotopic (exact) mass is 467 g/mol. The molecular formula is C22H16F3N7O2. The quantitative estimate of drug-likeness (QED) is 0.411. The average Bonchev–Trinajstić information content (AvgIpc) is 3.28. The molecule has 0 unspecified atom stereocenters. The predicted molar refractivity (Wildman–Crippen MR) is 117 cm³/mol. The van der Waals surface area contributed by atoms with Gasteiger partial charge in [-0.25, -0.2) is 4.79 Å². The Kier molecular flexibility index (Phi) is 5.72. The van der Waals surface area contributed by atoms with Crippen molar-refractivity contribution in [2.24, 2.45) is 11.5 Å². The molecule has 0 radical (unpaired) electrons. The molecule has 172 valence electrons. The second-order valence-corrected chi connectivity index (χ2v) is 7.15. The van der Waals surface area contributed by atoms with E-state index in [0.29, 0.717) is 16.9 Å². The summed E-state index contributed by atoms with van der Waals surface area (Å²) in [6.07, 6.45) is -4.56. The number of rotatable bonds is 5. The van der Waals surface area contributed by atoms with E-state index in [9.17, 15) is 22.8 Å². The fourth-order valence-electron chi connectivity index (χ4n) is 3.35. The van der Waals surface area contributed by atoms with Crippen molar-refractivity contribution in [2.45, 2.75) is 6.18 Å². The minimum atomic E-state index is -4.56. The van der Waals surface area contributed by atoms with Crippen LogP contribution in [0.2, 0.25) is 0 Å². The first kappa shape index (κ1) is 22.5. The molecule has 0 spiro atoms. The van der Waals surface area contributed by atoms with E-state index in [4.69, 9.17) is 11.5 Å². The fraction of sp³-hybridized carbons (Fsp3) is 0.0455. The number of alkyl halides is 3. The molecule has 0 atom stereocenters. The van der Waals surface area contributed by atoms with Crippen LogP contribution in [0.15, 0.2) is 66.7 Å². The van der Waals surface area contributed by atoms with Gasteiger partial charge in [0.25, 0.3) is 0 Å². The van der Waals surface area contributed by atoms with Crippen molar-refractivity contribution in [2.75, 3.05) is 5.32 Å². The highest BCUT2D eigenvalue weighted by Gasteiger charge is 2.31. The number of primary amides is 2. The lowest BCUT2D eigenvalue weighted by Crippen LogP contribution is -2.19. The van der Waals surface area contributed by atoms with Gasteiger partial charge in [-0.15, -0.1) is 5.10 Å². The number of aromatic nitrogens is 4. The van der Waals surface area contributed by atoms with E-state index in [-0.39, 0.29) is 22.5 Å². The predicted octanol–water partition coefficient (Wildman–Crippen LogP) is 3.60. The minimum Gasteiger partial charge on any atom is -0.366 e. The van der Waals surface area contributed by atoms with Crippen molar-refractivity contribution in [3.63, 3.8) is 0 Å². The molecule has 0 saturated carbocycles. The van der Waals surface area contributed by atoms with E-state index >= 15 is 0 Å². The Morgan fingerprint density at radius 1 is 0.912 bits per heavy atom. The zero-order valence-corrected chi connectivity index (χ0v) is 17.2. The van der Waals surface area contributed by atoms with E-state index < -0.39 is 23.7 Å². The van der Waals surface area contributed by atoms with E-state index in [1.54, 1.807) is 24.3 Å². The summed E-state index contributed by atoms with van der Waals surface area (Å²) < 4.78 is 41.3. The van der Waals surface area contributed by atoms with Crippen molar-refractivity contribution in [1.82, 2.24) is 20.2 Å². The number of halogens is 3. The molecule has 4 aromatic rings. The van der Waals surface area contributed by atoms with Crippen molar-refractivity contribution in [3.05, 3.63) is 77.9 Å². The van der Waals surface area contributed by atoms with Crippen LogP contribution in [0.1, 0.15) is 15.9 Å². The SMILES string of the molecule is NC(=O)Nc1ccc(-n2nnnc2-c2ccc(C(N)=O)cc2-c2cccc(C(F)(F)F)c2)cc1. The lowest BCUT2D eigenvalue weighted by atomic mass is 9.95. The van der Waals surface area contributed by atoms with Gasteiger partial charge in [-0.2, -0.15) is 17.9 Å². The largest absolute Gasteiger partial charge is 0.416 e. The number of hydrogen-bond acceptors (Lipinski definition) is 5. The molecule has 34 heavy (non-hydrogen) atoms. The maximum absolute atomic E-state index is 13.3. The fourth-order valence-corrected chi connectivity index (χ4v) is 3.35. The topological polar surface area (TPSA) is 142 Å². The van der Waals surface area contributed by atoms with Gasteiger partial charge in [-0.1, -0.05) is 12.1 Å². The molecule has 3 aromatic carbocycles. The molecule has 1 heterocycles. The Bertz CT molecular complexity index is 1380. The number of urea groups is 1. The molecule has 0 saturated heterocycles. The highest BCUT2D eigenvalue weighted by atomic mass is 19.4. The van der Waals surface area contributed by atoms with E-state index in [2.05, 4.69) is 20.8 Å². The Morgan fingerprint density at radius 2 is 1.65 bits per heavy atom. The maximum atomic E-state index is 13.3. The Labute approximate surface area is 190 Å². The molecule has 12 heteroatoms. The number of tetrazole rings is 1. The lowest BCUT2D eigenvalue weighted by molar-refractivity contribution is -0.137. The average molecular weight is 467 g/mol. The molecule has 1 aromatic heterocycles. The Morgan fingerprint density at radius 3 is 2.29 bits per heavy atom. The van der Waals surface area contributed by atoms with Crippen LogP contribution in [0, 0.1) is 0 Å². The number of hydrogen-bond donors (Lipinski definition) is 3. The van der Waals surface area contributed by atoms with Crippen LogP contribution in [0.4, 0.5) is 23.7 Å². The molecule has 0 aliphatic heterocycles. The third-order valence-corrected chi connectivity index (χ3v) is 4.89. The van der Waals surface area contributed by atoms with Crippen LogP contribution < -0.4 is 16.8 Å². The number of carbonyl (C=O) groups is 2. The van der Waals surface area contributed by atoms with E-state index in [1.807, 2.05) is 0 Å². The van der Waals surface area contributed by atoms with Crippen LogP contribution in [-0.2, 0) is 6.18 Å². The third kappa shape index (κ3) is 4.55. The van der Waals surface area contributed by atoms with Crippen molar-refractivity contribution in [3.8, 4) is 28.2 Å². The summed E-state index contributed by atoms with van der Waals surface area (Å²) in [6.45, 7) is 0. The van der Waals surface area contributed by atoms with Crippen LogP contribution in [0.3, 0.4) is 0 Å². The molecule has 0 aliphatic carbocycles. The molecule has 0 fully saturated rings. The summed E-state index contributed by atoms with van der Waals surface area (Å²) in [5.74, 6) is -0.532. The molecule has 3 amide bonds. The first-order valence-corrected chi connectivity index (χ1v) is 9.70. The van der Waals surface area contributed by atoms with Gasteiger partial charge in [-0.3, -0.25) is 4.79 Å². The van der Waals surface area contributed by atoms with Crippen molar-refractivity contribution < 1.29 is 22.8 Å². The summed E-state index contributed by atoms with van der Waals surface area (Å²) in [5.41, 5.74) is 11.6. The van der Waals surface area contributed by atoms with Gasteiger partial charge in [-0.05, 0) is 76.2 Å². The molecule has 0 bridgehead atoms. The second-order valence-electron chi connectivity index (χ2n) is 7.15. The molecule has 4 rings (SSSR count). The van der Waals surface area contributed by atoms with E-state index in [1.165, 1.54) is 35.0 Å². The molecule has 5 N–H and O–H groups in total. The van der Waals surface area contributed by atoms with Gasteiger partial charge in [0.05, 0.1) is 11.3 Å². The number of benzene rings is 3. The summed E-state index contributed by atoms with van der Waals surface area (Å²) >= 11 is 0. The number of amides is 3. The smallest absolute Gasteiger partial charge is 0.366 e. The van der Waals surface area contributed by atoms with E-state index in [0.717, 1.165) is 12.1 Å². The first-order chi connectivity index (χ1) is 16.1. The first-order valence-electron chi connectivity index (χ1n) is 9.70. The Balaban J connectivity index is 1.85. The number of nitrogens with one attached hydrogen (secondary N) is 1. The van der Waals surface area contributed by atoms with Crippen molar-refractivity contribution >= 4 is 17.6 Å². The standard InChI is InChI=1S/C22H16F3N7O2/c23-22(24,25)14-3-1-2-12(10-14)18-11-13(19(26)33)4-9-17(18)20-29-30-31-32(20)16-7-5-15(6-8-16)28-21(27)34/h1-11H,(H2,26,33)(H3,27,28,34). The maximum Gasteiger partial charge on any atom is 0.416 e. The number of nitrogens with zero attached hydrogens (tertiary/aromatic N) is 4. The summed E-state index contributed by atoms with van der Waals surface area (Å²) in [4.78, 5) is 22.8. The molecular weight excluding hydrogens is 451 g/mol. The minimum absolute atomic E-state index is 0.108. The highest BCUT2D eigenvalue weighted by Crippen LogP contribution is 2.36. The zero-order valence-electron chi connectivity index (χ0n) is 17.2. The highest BCUT2D eigenvalue weighted by molar-refractivity contribution is 5.96. The summed E-state index contributed by atoms with van der Waals surface area (Å²) in [5, 5.41) is 14.1. The Hall–Kier alpha value is -4.74. The van der Waals surface area contributed by atoms with Gasteiger partial charge in [0, 0.05) is 16.8 Å². The van der Waals surface area contributed by atoms with Gasteiger partial charge >= 0.3 is 12.2 Å². The normalized spacial score (nSPS) is 11.3. The zero-order chi connectivity index (χ0) is 24.5. The third-order valence-electron chi connectivity index (χ3n) is 4.89. The van der Waals surface area contributed by atoms with Crippen molar-refractivity contribution in [1.29, 1.82) is 0 Å².